The molecule has 120 valence electrons. The van der Waals surface area contributed by atoms with Gasteiger partial charge in [-0.1, -0.05) is 23.7 Å². The average Bonchev–Trinajstić information content (AvgIpc) is 2.46. The maximum atomic E-state index is 13.8. The van der Waals surface area contributed by atoms with E-state index in [9.17, 15) is 14.0 Å². The maximum Gasteiger partial charge on any atom is 0.258 e. The van der Waals surface area contributed by atoms with Crippen LogP contribution in [0.3, 0.4) is 0 Å². The largest absolute Gasteiger partial charge is 0.350 e. The van der Waals surface area contributed by atoms with Gasteiger partial charge in [0.2, 0.25) is 0 Å². The van der Waals surface area contributed by atoms with Gasteiger partial charge in [0.05, 0.1) is 16.8 Å². The number of anilines is 1. The summed E-state index contributed by atoms with van der Waals surface area (Å²) in [5.74, 6) is -1.68. The summed E-state index contributed by atoms with van der Waals surface area (Å²) in [4.78, 5) is 24.4. The molecule has 0 aliphatic rings. The third kappa shape index (κ3) is 4.29. The lowest BCUT2D eigenvalue weighted by molar-refractivity contribution is 0.0944. The summed E-state index contributed by atoms with van der Waals surface area (Å²) in [5, 5.41) is 5.51. The van der Waals surface area contributed by atoms with E-state index in [1.807, 2.05) is 13.8 Å². The summed E-state index contributed by atoms with van der Waals surface area (Å²) in [6.45, 7) is 3.67. The van der Waals surface area contributed by atoms with Gasteiger partial charge in [0, 0.05) is 11.1 Å². The average molecular weight is 335 g/mol. The van der Waals surface area contributed by atoms with E-state index >= 15 is 0 Å². The molecular weight excluding hydrogens is 319 g/mol. The van der Waals surface area contributed by atoms with Crippen LogP contribution in [0, 0.1) is 5.82 Å². The van der Waals surface area contributed by atoms with Crippen LogP contribution in [-0.2, 0) is 0 Å². The molecule has 0 fully saturated rings. The van der Waals surface area contributed by atoms with Crippen LogP contribution in [0.25, 0.3) is 0 Å². The smallest absolute Gasteiger partial charge is 0.258 e. The summed E-state index contributed by atoms with van der Waals surface area (Å²) in [6, 6.07) is 10.3. The van der Waals surface area contributed by atoms with Crippen molar-refractivity contribution < 1.29 is 14.0 Å². The lowest BCUT2D eigenvalue weighted by atomic mass is 10.1. The van der Waals surface area contributed by atoms with Gasteiger partial charge in [-0.2, -0.15) is 0 Å². The lowest BCUT2D eigenvalue weighted by Crippen LogP contribution is -2.31. The van der Waals surface area contributed by atoms with Gasteiger partial charge in [0.15, 0.2) is 0 Å². The molecule has 0 radical (unpaired) electrons. The Morgan fingerprint density at radius 1 is 1.04 bits per heavy atom. The SMILES string of the molecule is CC(C)NC(=O)c1ccccc1NC(=O)c1ccc(Cl)cc1F. The monoisotopic (exact) mass is 334 g/mol. The fraction of sp³-hybridized carbons (Fsp3) is 0.176. The van der Waals surface area contributed by atoms with E-state index in [0.717, 1.165) is 6.07 Å². The maximum absolute atomic E-state index is 13.8. The number of halogens is 2. The van der Waals surface area contributed by atoms with Crippen LogP contribution in [0.1, 0.15) is 34.6 Å². The van der Waals surface area contributed by atoms with E-state index in [2.05, 4.69) is 10.6 Å². The Kier molecular flexibility index (Phi) is 5.34. The van der Waals surface area contributed by atoms with E-state index < -0.39 is 11.7 Å². The highest BCUT2D eigenvalue weighted by Gasteiger charge is 2.16. The van der Waals surface area contributed by atoms with Gasteiger partial charge in [-0.3, -0.25) is 9.59 Å². The van der Waals surface area contributed by atoms with Gasteiger partial charge in [-0.25, -0.2) is 4.39 Å². The van der Waals surface area contributed by atoms with Gasteiger partial charge in [0.25, 0.3) is 11.8 Å². The predicted octanol–water partition coefficient (Wildman–Crippen LogP) is 3.87. The van der Waals surface area contributed by atoms with Crippen LogP contribution < -0.4 is 10.6 Å². The fourth-order valence-corrected chi connectivity index (χ4v) is 2.15. The Bertz CT molecular complexity index is 747. The van der Waals surface area contributed by atoms with Crippen LogP contribution in [0.5, 0.6) is 0 Å². The van der Waals surface area contributed by atoms with Crippen LogP contribution in [0.2, 0.25) is 5.02 Å². The van der Waals surface area contributed by atoms with E-state index in [1.165, 1.54) is 12.1 Å². The molecule has 0 saturated carbocycles. The minimum atomic E-state index is -0.723. The zero-order valence-electron chi connectivity index (χ0n) is 12.7. The van der Waals surface area contributed by atoms with E-state index in [-0.39, 0.29) is 22.5 Å². The standard InChI is InChI=1S/C17H16ClFN2O2/c1-10(2)20-17(23)13-5-3-4-6-15(13)21-16(22)12-8-7-11(18)9-14(12)19/h3-10H,1-2H3,(H,20,23)(H,21,22). The van der Waals surface area contributed by atoms with E-state index in [1.54, 1.807) is 24.3 Å². The third-order valence-electron chi connectivity index (χ3n) is 3.02. The lowest BCUT2D eigenvalue weighted by Gasteiger charge is -2.13. The second-order valence-electron chi connectivity index (χ2n) is 5.25. The second-order valence-corrected chi connectivity index (χ2v) is 5.69. The number of rotatable bonds is 4. The molecule has 6 heteroatoms. The predicted molar refractivity (Wildman–Crippen MR) is 88.4 cm³/mol. The Labute approximate surface area is 138 Å². The highest BCUT2D eigenvalue weighted by Crippen LogP contribution is 2.19. The highest BCUT2D eigenvalue weighted by atomic mass is 35.5. The molecule has 0 aromatic heterocycles. The van der Waals surface area contributed by atoms with E-state index in [0.29, 0.717) is 11.3 Å². The molecule has 0 spiro atoms. The number of hydrogen-bond donors (Lipinski definition) is 2. The highest BCUT2D eigenvalue weighted by molar-refractivity contribution is 6.30. The molecule has 2 rings (SSSR count). The van der Waals surface area contributed by atoms with Crippen molar-refractivity contribution in [2.24, 2.45) is 0 Å². The normalized spacial score (nSPS) is 10.5. The number of nitrogens with one attached hydrogen (secondary N) is 2. The third-order valence-corrected chi connectivity index (χ3v) is 3.25. The first-order valence-electron chi connectivity index (χ1n) is 7.04. The molecule has 2 aromatic carbocycles. The topological polar surface area (TPSA) is 58.2 Å². The Morgan fingerprint density at radius 3 is 2.39 bits per heavy atom. The molecule has 0 aliphatic heterocycles. The Hall–Kier alpha value is -2.40. The van der Waals surface area contributed by atoms with Crippen LogP contribution in [0.15, 0.2) is 42.5 Å². The minimum Gasteiger partial charge on any atom is -0.350 e. The minimum absolute atomic E-state index is 0.0417. The molecule has 0 bridgehead atoms. The molecule has 4 nitrogen and oxygen atoms in total. The fourth-order valence-electron chi connectivity index (χ4n) is 1.99. The van der Waals surface area contributed by atoms with Crippen molar-refractivity contribution in [2.45, 2.75) is 19.9 Å². The van der Waals surface area contributed by atoms with Crippen LogP contribution in [-0.4, -0.2) is 17.9 Å². The number of hydrogen-bond acceptors (Lipinski definition) is 2. The molecule has 23 heavy (non-hydrogen) atoms. The molecular formula is C17H16ClFN2O2. The van der Waals surface area contributed by atoms with Crippen molar-refractivity contribution >= 4 is 29.1 Å². The molecule has 2 aromatic rings. The molecule has 2 amide bonds. The second kappa shape index (κ2) is 7.24. The first kappa shape index (κ1) is 17.0. The summed E-state index contributed by atoms with van der Waals surface area (Å²) >= 11 is 5.67. The van der Waals surface area contributed by atoms with Gasteiger partial charge in [0.1, 0.15) is 5.82 Å². The van der Waals surface area contributed by atoms with Gasteiger partial charge >= 0.3 is 0 Å². The first-order chi connectivity index (χ1) is 10.9. The summed E-state index contributed by atoms with van der Waals surface area (Å²) in [7, 11) is 0. The Morgan fingerprint density at radius 2 is 1.74 bits per heavy atom. The number of carbonyl (C=O) groups is 2. The van der Waals surface area contributed by atoms with E-state index in [4.69, 9.17) is 11.6 Å². The van der Waals surface area contributed by atoms with Crippen molar-refractivity contribution in [3.8, 4) is 0 Å². The van der Waals surface area contributed by atoms with Gasteiger partial charge in [-0.15, -0.1) is 0 Å². The van der Waals surface area contributed by atoms with Crippen molar-refractivity contribution in [2.75, 3.05) is 5.32 Å². The van der Waals surface area contributed by atoms with Crippen molar-refractivity contribution in [3.05, 3.63) is 64.4 Å². The quantitative estimate of drug-likeness (QED) is 0.891. The van der Waals surface area contributed by atoms with Crippen LogP contribution >= 0.6 is 11.6 Å². The Balaban J connectivity index is 2.26. The van der Waals surface area contributed by atoms with Crippen LogP contribution in [0.4, 0.5) is 10.1 Å². The molecule has 0 unspecified atom stereocenters. The van der Waals surface area contributed by atoms with Gasteiger partial charge in [-0.05, 0) is 44.2 Å². The number of benzene rings is 2. The summed E-state index contributed by atoms with van der Waals surface area (Å²) in [5.41, 5.74) is 0.474. The molecule has 0 aliphatic carbocycles. The van der Waals surface area contributed by atoms with Crippen molar-refractivity contribution in [1.29, 1.82) is 0 Å². The summed E-state index contributed by atoms with van der Waals surface area (Å²) in [6.07, 6.45) is 0. The number of amides is 2. The molecule has 2 N–H and O–H groups in total. The summed E-state index contributed by atoms with van der Waals surface area (Å²) < 4.78 is 13.8. The molecule has 0 heterocycles. The van der Waals surface area contributed by atoms with Gasteiger partial charge < -0.3 is 10.6 Å². The van der Waals surface area contributed by atoms with Crippen molar-refractivity contribution in [1.82, 2.24) is 5.32 Å². The number of carbonyl (C=O) groups excluding carboxylic acids is 2. The van der Waals surface area contributed by atoms with Crippen molar-refractivity contribution in [3.63, 3.8) is 0 Å². The molecule has 0 saturated heterocycles. The number of para-hydroxylation sites is 1. The molecule has 0 atom stereocenters. The zero-order chi connectivity index (χ0) is 17.0. The first-order valence-corrected chi connectivity index (χ1v) is 7.42. The zero-order valence-corrected chi connectivity index (χ0v) is 13.4.